The van der Waals surface area contributed by atoms with Crippen LogP contribution in [0.3, 0.4) is 0 Å². The first-order valence-corrected chi connectivity index (χ1v) is 11.1. The summed E-state index contributed by atoms with van der Waals surface area (Å²) in [5, 5.41) is 21.9. The Morgan fingerprint density at radius 3 is 2.56 bits per heavy atom. The van der Waals surface area contributed by atoms with Crippen molar-refractivity contribution < 1.29 is 32.2 Å². The number of imidazole rings is 1. The number of aromatic nitrogens is 2. The predicted octanol–water partition coefficient (Wildman–Crippen LogP) is 1.60. The molecule has 9 nitrogen and oxygen atoms in total. The molecular weight excluding hydrogens is 446 g/mol. The molecule has 0 unspecified atom stereocenters. The molecule has 0 atom stereocenters. The number of sulfonamides is 1. The van der Waals surface area contributed by atoms with Crippen molar-refractivity contribution in [3.63, 3.8) is 0 Å². The summed E-state index contributed by atoms with van der Waals surface area (Å²) in [5.74, 6) is -2.95. The van der Waals surface area contributed by atoms with E-state index >= 15 is 0 Å². The third-order valence-electron chi connectivity index (χ3n) is 5.51. The van der Waals surface area contributed by atoms with Crippen LogP contribution in [-0.2, 0) is 10.0 Å². The zero-order valence-corrected chi connectivity index (χ0v) is 17.5. The van der Waals surface area contributed by atoms with Crippen LogP contribution in [-0.4, -0.2) is 64.1 Å². The third kappa shape index (κ3) is 4.09. The maximum atomic E-state index is 13.5. The number of aromatic amines is 1. The summed E-state index contributed by atoms with van der Waals surface area (Å²) in [6.45, 7) is -0.475. The largest absolute Gasteiger partial charge is 0.393 e. The van der Waals surface area contributed by atoms with Gasteiger partial charge in [0.05, 0.1) is 40.0 Å². The third-order valence-corrected chi connectivity index (χ3v) is 7.39. The van der Waals surface area contributed by atoms with Gasteiger partial charge in [-0.1, -0.05) is 0 Å². The van der Waals surface area contributed by atoms with Crippen molar-refractivity contribution in [2.24, 2.45) is 0 Å². The van der Waals surface area contributed by atoms with Crippen LogP contribution in [0.2, 0.25) is 0 Å². The number of aliphatic hydroxyl groups excluding tert-OH is 1. The highest BCUT2D eigenvalue weighted by atomic mass is 32.2. The van der Waals surface area contributed by atoms with Crippen LogP contribution >= 0.6 is 0 Å². The zero-order valence-electron chi connectivity index (χ0n) is 16.7. The van der Waals surface area contributed by atoms with Crippen LogP contribution in [0.4, 0.5) is 14.5 Å². The van der Waals surface area contributed by atoms with Crippen molar-refractivity contribution in [1.82, 2.24) is 14.3 Å². The number of carbonyl (C=O) groups excluding carboxylic acids is 1. The van der Waals surface area contributed by atoms with Crippen LogP contribution in [0.25, 0.3) is 11.0 Å². The first kappa shape index (κ1) is 22.3. The summed E-state index contributed by atoms with van der Waals surface area (Å²) in [6, 6.07) is 5.35. The fourth-order valence-corrected chi connectivity index (χ4v) is 5.06. The number of fused-ring (bicyclic) bond motifs is 1. The highest BCUT2D eigenvalue weighted by molar-refractivity contribution is 7.89. The summed E-state index contributed by atoms with van der Waals surface area (Å²) in [6.07, 6.45) is 1.44. The summed E-state index contributed by atoms with van der Waals surface area (Å²) < 4.78 is 54.2. The lowest BCUT2D eigenvalue weighted by Gasteiger charge is -2.36. The molecule has 32 heavy (non-hydrogen) atoms. The Hall–Kier alpha value is -2.93. The minimum atomic E-state index is -4.03. The van der Waals surface area contributed by atoms with E-state index in [1.165, 1.54) is 28.8 Å². The number of carbonyl (C=O) groups is 1. The quantitative estimate of drug-likeness (QED) is 0.451. The average Bonchev–Trinajstić information content (AvgIpc) is 3.24. The van der Waals surface area contributed by atoms with Crippen LogP contribution in [0.15, 0.2) is 41.6 Å². The first-order valence-electron chi connectivity index (χ1n) is 9.70. The van der Waals surface area contributed by atoms with Gasteiger partial charge in [-0.25, -0.2) is 22.2 Å². The highest BCUT2D eigenvalue weighted by Gasteiger charge is 2.37. The molecule has 0 bridgehead atoms. The van der Waals surface area contributed by atoms with Gasteiger partial charge in [-0.3, -0.25) is 4.79 Å². The van der Waals surface area contributed by atoms with Crippen LogP contribution < -0.4 is 5.32 Å². The fourth-order valence-electron chi connectivity index (χ4n) is 3.57. The number of piperidine rings is 1. The van der Waals surface area contributed by atoms with Gasteiger partial charge in [-0.2, -0.15) is 4.31 Å². The Balaban J connectivity index is 1.67. The van der Waals surface area contributed by atoms with Crippen molar-refractivity contribution in [1.29, 1.82) is 0 Å². The molecule has 0 spiro atoms. The molecule has 12 heteroatoms. The molecule has 2 heterocycles. The number of hydrogen-bond donors (Lipinski definition) is 4. The molecule has 2 aromatic carbocycles. The fraction of sp³-hybridized carbons (Fsp3) is 0.300. The maximum Gasteiger partial charge on any atom is 0.257 e. The number of anilines is 1. The summed E-state index contributed by atoms with van der Waals surface area (Å²) >= 11 is 0. The summed E-state index contributed by atoms with van der Waals surface area (Å²) in [4.78, 5) is 19.5. The second kappa shape index (κ2) is 8.20. The minimum Gasteiger partial charge on any atom is -0.393 e. The van der Waals surface area contributed by atoms with Gasteiger partial charge in [0.1, 0.15) is 0 Å². The molecule has 1 aromatic heterocycles. The molecular formula is C20H20F2N4O5S. The van der Waals surface area contributed by atoms with Gasteiger partial charge in [0, 0.05) is 24.8 Å². The van der Waals surface area contributed by atoms with Crippen molar-refractivity contribution in [2.45, 2.75) is 23.3 Å². The van der Waals surface area contributed by atoms with Crippen molar-refractivity contribution in [3.05, 3.63) is 53.9 Å². The van der Waals surface area contributed by atoms with E-state index in [4.69, 9.17) is 0 Å². The lowest BCUT2D eigenvalue weighted by atomic mass is 9.94. The number of aliphatic hydroxyl groups is 2. The normalized spacial score (nSPS) is 16.9. The Morgan fingerprint density at radius 2 is 1.91 bits per heavy atom. The summed E-state index contributed by atoms with van der Waals surface area (Å²) in [7, 11) is -4.03. The van der Waals surface area contributed by atoms with E-state index in [-0.39, 0.29) is 53.1 Å². The number of nitrogens with zero attached hydrogens (tertiary/aromatic N) is 2. The van der Waals surface area contributed by atoms with Gasteiger partial charge in [0.15, 0.2) is 11.6 Å². The standard InChI is InChI=1S/C20H20F2N4O5S/c21-15-2-1-12(7-16(15)22)25-19(28)14-8-13(9-17-18(14)24-11-23-17)32(30,31)26-5-3-20(29,10-27)4-6-26/h1-2,7-9,11,27,29H,3-6,10H2,(H,23,24)(H,25,28). The summed E-state index contributed by atoms with van der Waals surface area (Å²) in [5.41, 5.74) is -0.878. The van der Waals surface area contributed by atoms with E-state index in [0.717, 1.165) is 12.1 Å². The molecule has 0 aliphatic carbocycles. The molecule has 1 fully saturated rings. The SMILES string of the molecule is O=C(Nc1ccc(F)c(F)c1)c1cc(S(=O)(=O)N2CCC(O)(CO)CC2)cc2nc[nH]c12. The van der Waals surface area contributed by atoms with E-state index in [9.17, 15) is 32.2 Å². The average molecular weight is 466 g/mol. The lowest BCUT2D eigenvalue weighted by molar-refractivity contribution is -0.0480. The molecule has 0 radical (unpaired) electrons. The topological polar surface area (TPSA) is 136 Å². The number of amides is 1. The van der Waals surface area contributed by atoms with E-state index in [1.54, 1.807) is 0 Å². The molecule has 4 rings (SSSR count). The van der Waals surface area contributed by atoms with Crippen LogP contribution in [0, 0.1) is 11.6 Å². The second-order valence-corrected chi connectivity index (χ2v) is 9.57. The molecule has 4 N–H and O–H groups in total. The Labute approximate surface area is 181 Å². The van der Waals surface area contributed by atoms with Gasteiger partial charge in [-0.05, 0) is 37.1 Å². The number of H-pyrrole nitrogens is 1. The lowest BCUT2D eigenvalue weighted by Crippen LogP contribution is -2.48. The number of rotatable bonds is 5. The second-order valence-electron chi connectivity index (χ2n) is 7.64. The number of halogens is 2. The minimum absolute atomic E-state index is 0.00542. The zero-order chi connectivity index (χ0) is 23.1. The first-order chi connectivity index (χ1) is 15.1. The van der Waals surface area contributed by atoms with E-state index in [1.807, 2.05) is 0 Å². The number of nitrogens with one attached hydrogen (secondary N) is 2. The van der Waals surface area contributed by atoms with E-state index < -0.39 is 39.8 Å². The molecule has 3 aromatic rings. The van der Waals surface area contributed by atoms with E-state index in [0.29, 0.717) is 0 Å². The molecule has 1 saturated heterocycles. The van der Waals surface area contributed by atoms with Gasteiger partial charge in [0.2, 0.25) is 10.0 Å². The van der Waals surface area contributed by atoms with Crippen molar-refractivity contribution in [2.75, 3.05) is 25.0 Å². The molecule has 0 saturated carbocycles. The van der Waals surface area contributed by atoms with Gasteiger partial charge in [-0.15, -0.1) is 0 Å². The predicted molar refractivity (Wildman–Crippen MR) is 110 cm³/mol. The Morgan fingerprint density at radius 1 is 1.19 bits per heavy atom. The van der Waals surface area contributed by atoms with Crippen LogP contribution in [0.1, 0.15) is 23.2 Å². The number of hydrogen-bond acceptors (Lipinski definition) is 6. The number of benzene rings is 2. The Kier molecular flexibility index (Phi) is 5.71. The molecule has 1 aliphatic rings. The van der Waals surface area contributed by atoms with Crippen LogP contribution in [0.5, 0.6) is 0 Å². The van der Waals surface area contributed by atoms with E-state index in [2.05, 4.69) is 15.3 Å². The molecule has 170 valence electrons. The van der Waals surface area contributed by atoms with Gasteiger partial charge >= 0.3 is 0 Å². The van der Waals surface area contributed by atoms with Crippen molar-refractivity contribution in [3.8, 4) is 0 Å². The van der Waals surface area contributed by atoms with Crippen molar-refractivity contribution >= 4 is 32.7 Å². The maximum absolute atomic E-state index is 13.5. The van der Waals surface area contributed by atoms with Gasteiger partial charge in [0.25, 0.3) is 5.91 Å². The molecule has 1 aliphatic heterocycles. The monoisotopic (exact) mass is 466 g/mol. The highest BCUT2D eigenvalue weighted by Crippen LogP contribution is 2.29. The van der Waals surface area contributed by atoms with Gasteiger partial charge < -0.3 is 20.5 Å². The molecule has 1 amide bonds. The Bertz CT molecular complexity index is 1290. The smallest absolute Gasteiger partial charge is 0.257 e.